The van der Waals surface area contributed by atoms with Crippen LogP contribution in [0, 0.1) is 0 Å². The summed E-state index contributed by atoms with van der Waals surface area (Å²) in [6.07, 6.45) is 3.21. The fourth-order valence-electron chi connectivity index (χ4n) is 3.94. The van der Waals surface area contributed by atoms with Crippen molar-refractivity contribution in [1.82, 2.24) is 9.97 Å². The molecule has 0 saturated carbocycles. The molecule has 1 aromatic heterocycles. The number of Topliss-reactive ketones (excluding diaryl/α,β-unsaturated/α-hetero) is 1. The van der Waals surface area contributed by atoms with E-state index >= 15 is 0 Å². The monoisotopic (exact) mass is 486 g/mol. The van der Waals surface area contributed by atoms with Gasteiger partial charge in [0, 0.05) is 42.8 Å². The molecule has 0 unspecified atom stereocenters. The van der Waals surface area contributed by atoms with Gasteiger partial charge in [-0.15, -0.1) is 0 Å². The maximum atomic E-state index is 13.8. The third kappa shape index (κ3) is 6.19. The van der Waals surface area contributed by atoms with Crippen molar-refractivity contribution in [2.75, 3.05) is 0 Å². The van der Waals surface area contributed by atoms with Crippen molar-refractivity contribution < 1.29 is 18.3 Å². The molecule has 36 heavy (non-hydrogen) atoms. The van der Waals surface area contributed by atoms with E-state index < -0.39 is 5.92 Å². The van der Waals surface area contributed by atoms with Crippen LogP contribution in [0.15, 0.2) is 91.3 Å². The Kier molecular flexibility index (Phi) is 7.84. The lowest BCUT2D eigenvalue weighted by molar-refractivity contribution is -0.117. The second kappa shape index (κ2) is 11.2. The molecule has 0 bridgehead atoms. The van der Waals surface area contributed by atoms with Crippen LogP contribution in [0.25, 0.3) is 11.3 Å². The molecule has 1 heterocycles. The lowest BCUT2D eigenvalue weighted by Gasteiger charge is -2.16. The number of aromatic nitrogens is 2. The number of ether oxygens (including phenoxy) is 1. The first-order valence-electron chi connectivity index (χ1n) is 12.0. The largest absolute Gasteiger partial charge is 0.468 e. The summed E-state index contributed by atoms with van der Waals surface area (Å²) in [5, 5.41) is 0. The predicted octanol–water partition coefficient (Wildman–Crippen LogP) is 7.14. The SMILES string of the molecule is CCC(F)(F)c1ccc(CC(=O)Cc2ccc(-c3nccnc3O[C@H](C)c3ccccc3)cc2)cc1. The van der Waals surface area contributed by atoms with Crippen LogP contribution in [-0.4, -0.2) is 15.8 Å². The Morgan fingerprint density at radius 1 is 0.861 bits per heavy atom. The number of nitrogens with zero attached hydrogens (tertiary/aromatic N) is 2. The number of carbonyl (C=O) groups is 1. The summed E-state index contributed by atoms with van der Waals surface area (Å²) in [6.45, 7) is 3.41. The van der Waals surface area contributed by atoms with Gasteiger partial charge in [-0.2, -0.15) is 0 Å². The molecular weight excluding hydrogens is 458 g/mol. The fourth-order valence-corrected chi connectivity index (χ4v) is 3.94. The highest BCUT2D eigenvalue weighted by molar-refractivity contribution is 5.83. The zero-order chi connectivity index (χ0) is 25.5. The second-order valence-corrected chi connectivity index (χ2v) is 8.72. The molecule has 1 atom stereocenters. The molecule has 0 fully saturated rings. The van der Waals surface area contributed by atoms with Crippen LogP contribution in [0.3, 0.4) is 0 Å². The molecule has 4 nitrogen and oxygen atoms in total. The van der Waals surface area contributed by atoms with Crippen molar-refractivity contribution in [3.63, 3.8) is 0 Å². The van der Waals surface area contributed by atoms with E-state index in [4.69, 9.17) is 4.74 Å². The lowest BCUT2D eigenvalue weighted by atomic mass is 9.99. The quantitative estimate of drug-likeness (QED) is 0.239. The highest BCUT2D eigenvalue weighted by atomic mass is 19.3. The minimum absolute atomic E-state index is 0.0120. The Labute approximate surface area is 210 Å². The van der Waals surface area contributed by atoms with Gasteiger partial charge >= 0.3 is 0 Å². The summed E-state index contributed by atoms with van der Waals surface area (Å²) in [5.74, 6) is -2.40. The van der Waals surface area contributed by atoms with Gasteiger partial charge in [-0.25, -0.2) is 18.7 Å². The first-order chi connectivity index (χ1) is 17.4. The van der Waals surface area contributed by atoms with E-state index in [0.717, 1.165) is 22.3 Å². The van der Waals surface area contributed by atoms with Crippen LogP contribution < -0.4 is 4.74 Å². The molecule has 3 aromatic carbocycles. The fraction of sp³-hybridized carbons (Fsp3) is 0.233. The molecule has 0 saturated heterocycles. The van der Waals surface area contributed by atoms with E-state index in [0.29, 0.717) is 11.6 Å². The second-order valence-electron chi connectivity index (χ2n) is 8.72. The Balaban J connectivity index is 1.41. The highest BCUT2D eigenvalue weighted by Crippen LogP contribution is 2.32. The summed E-state index contributed by atoms with van der Waals surface area (Å²) in [6, 6.07) is 23.5. The number of benzene rings is 3. The number of carbonyl (C=O) groups excluding carboxylic acids is 1. The number of halogens is 2. The highest BCUT2D eigenvalue weighted by Gasteiger charge is 2.28. The molecule has 0 amide bonds. The Morgan fingerprint density at radius 2 is 1.44 bits per heavy atom. The van der Waals surface area contributed by atoms with Gasteiger partial charge < -0.3 is 4.74 Å². The van der Waals surface area contributed by atoms with E-state index in [1.54, 1.807) is 24.5 Å². The van der Waals surface area contributed by atoms with Crippen molar-refractivity contribution in [1.29, 1.82) is 0 Å². The third-order valence-electron chi connectivity index (χ3n) is 6.07. The summed E-state index contributed by atoms with van der Waals surface area (Å²) in [4.78, 5) is 21.4. The molecule has 0 N–H and O–H groups in total. The van der Waals surface area contributed by atoms with Crippen LogP contribution in [0.1, 0.15) is 48.6 Å². The minimum atomic E-state index is -2.85. The van der Waals surface area contributed by atoms with Gasteiger partial charge in [-0.3, -0.25) is 4.79 Å². The molecule has 184 valence electrons. The van der Waals surface area contributed by atoms with E-state index in [1.165, 1.54) is 19.1 Å². The Hall–Kier alpha value is -3.93. The molecule has 4 rings (SSSR count). The van der Waals surface area contributed by atoms with Gasteiger partial charge in [-0.05, 0) is 23.6 Å². The van der Waals surface area contributed by atoms with Crippen molar-refractivity contribution in [3.05, 3.63) is 114 Å². The third-order valence-corrected chi connectivity index (χ3v) is 6.07. The van der Waals surface area contributed by atoms with Crippen LogP contribution >= 0.6 is 0 Å². The first kappa shape index (κ1) is 25.2. The minimum Gasteiger partial charge on any atom is -0.468 e. The molecule has 6 heteroatoms. The average Bonchev–Trinajstić information content (AvgIpc) is 2.90. The molecule has 0 spiro atoms. The normalized spacial score (nSPS) is 12.2. The molecule has 0 aliphatic carbocycles. The van der Waals surface area contributed by atoms with Crippen molar-refractivity contribution in [3.8, 4) is 17.1 Å². The first-order valence-corrected chi connectivity index (χ1v) is 12.0. The Bertz CT molecular complexity index is 1290. The summed E-state index contributed by atoms with van der Waals surface area (Å²) in [5.41, 5.74) is 4.06. The number of ketones is 1. The number of hydrogen-bond donors (Lipinski definition) is 0. The van der Waals surface area contributed by atoms with E-state index in [2.05, 4.69) is 9.97 Å². The number of rotatable bonds is 10. The van der Waals surface area contributed by atoms with Gasteiger partial charge in [0.25, 0.3) is 5.92 Å². The van der Waals surface area contributed by atoms with Gasteiger partial charge in [0.1, 0.15) is 17.6 Å². The van der Waals surface area contributed by atoms with Gasteiger partial charge in [0.15, 0.2) is 0 Å². The van der Waals surface area contributed by atoms with Crippen molar-refractivity contribution in [2.24, 2.45) is 0 Å². The van der Waals surface area contributed by atoms with Gasteiger partial charge in [-0.1, -0.05) is 85.8 Å². The van der Waals surface area contributed by atoms with Gasteiger partial charge in [0.05, 0.1) is 0 Å². The number of alkyl halides is 2. The zero-order valence-corrected chi connectivity index (χ0v) is 20.3. The molecule has 0 radical (unpaired) electrons. The average molecular weight is 487 g/mol. The summed E-state index contributed by atoms with van der Waals surface area (Å²) < 4.78 is 33.7. The van der Waals surface area contributed by atoms with Crippen LogP contribution in [-0.2, 0) is 23.6 Å². The topological polar surface area (TPSA) is 52.1 Å². The number of hydrogen-bond acceptors (Lipinski definition) is 4. The zero-order valence-electron chi connectivity index (χ0n) is 20.3. The van der Waals surface area contributed by atoms with Crippen LogP contribution in [0.2, 0.25) is 0 Å². The molecule has 0 aliphatic rings. The predicted molar refractivity (Wildman–Crippen MR) is 136 cm³/mol. The van der Waals surface area contributed by atoms with Crippen molar-refractivity contribution >= 4 is 5.78 Å². The molecule has 0 aliphatic heterocycles. The summed E-state index contributed by atoms with van der Waals surface area (Å²) >= 11 is 0. The van der Waals surface area contributed by atoms with Crippen molar-refractivity contribution in [2.45, 2.75) is 45.1 Å². The smallest absolute Gasteiger partial charge is 0.273 e. The van der Waals surface area contributed by atoms with E-state index in [1.807, 2.05) is 61.5 Å². The maximum absolute atomic E-state index is 13.8. The van der Waals surface area contributed by atoms with Crippen LogP contribution in [0.5, 0.6) is 5.88 Å². The molecular formula is C30H28F2N2O2. The lowest BCUT2D eigenvalue weighted by Crippen LogP contribution is -2.12. The molecule has 4 aromatic rings. The summed E-state index contributed by atoms with van der Waals surface area (Å²) in [7, 11) is 0. The standard InChI is InChI=1S/C30H28F2N2O2/c1-3-30(31,32)26-15-11-23(12-16-26)20-27(35)19-22-9-13-25(14-10-22)28-29(34-18-17-33-28)36-21(2)24-7-5-4-6-8-24/h4-18,21H,3,19-20H2,1-2H3/t21-/m1/s1. The van der Waals surface area contributed by atoms with Crippen LogP contribution in [0.4, 0.5) is 8.78 Å². The van der Waals surface area contributed by atoms with E-state index in [-0.39, 0.29) is 36.7 Å². The maximum Gasteiger partial charge on any atom is 0.273 e. The Morgan fingerprint density at radius 3 is 2.06 bits per heavy atom. The van der Waals surface area contributed by atoms with Gasteiger partial charge in [0.2, 0.25) is 5.88 Å². The van der Waals surface area contributed by atoms with E-state index in [9.17, 15) is 13.6 Å².